The summed E-state index contributed by atoms with van der Waals surface area (Å²) >= 11 is 6.16. The molecule has 118 valence electrons. The number of aliphatic hydroxyl groups excluding tert-OH is 1. The van der Waals surface area contributed by atoms with E-state index < -0.39 is 0 Å². The van der Waals surface area contributed by atoms with Crippen LogP contribution >= 0.6 is 11.6 Å². The monoisotopic (exact) mass is 318 g/mol. The number of benzene rings is 1. The van der Waals surface area contributed by atoms with E-state index in [1.165, 1.54) is 19.3 Å². The van der Waals surface area contributed by atoms with Gasteiger partial charge < -0.3 is 5.11 Å². The summed E-state index contributed by atoms with van der Waals surface area (Å²) in [5, 5.41) is 11.1. The van der Waals surface area contributed by atoms with Crippen molar-refractivity contribution in [2.24, 2.45) is 11.3 Å². The Balaban J connectivity index is 1.84. The molecule has 2 atom stereocenters. The molecule has 3 heteroatoms. The summed E-state index contributed by atoms with van der Waals surface area (Å²) in [6, 6.07) is 7.49. The van der Waals surface area contributed by atoms with Crippen LogP contribution in [0.25, 0.3) is 0 Å². The minimum absolute atomic E-state index is 0.130. The van der Waals surface area contributed by atoms with Crippen molar-refractivity contribution in [3.05, 3.63) is 46.2 Å². The SMILES string of the molecule is CC12CCCCC1C/C(=C(/O)Cc1ccccc1Cl)C(=O)C2. The Kier molecular flexibility index (Phi) is 4.31. The van der Waals surface area contributed by atoms with Crippen molar-refractivity contribution in [1.29, 1.82) is 0 Å². The quantitative estimate of drug-likeness (QED) is 0.597. The number of allylic oxidation sites excluding steroid dienone is 2. The van der Waals surface area contributed by atoms with Gasteiger partial charge in [0, 0.05) is 23.4 Å². The van der Waals surface area contributed by atoms with Crippen molar-refractivity contribution in [3.63, 3.8) is 0 Å². The van der Waals surface area contributed by atoms with E-state index in [1.807, 2.05) is 24.3 Å². The van der Waals surface area contributed by atoms with Crippen molar-refractivity contribution in [2.75, 3.05) is 0 Å². The first-order chi connectivity index (χ1) is 10.5. The zero-order valence-electron chi connectivity index (χ0n) is 13.1. The minimum atomic E-state index is 0.130. The molecule has 2 saturated carbocycles. The molecule has 0 amide bonds. The average molecular weight is 319 g/mol. The van der Waals surface area contributed by atoms with E-state index in [-0.39, 0.29) is 17.0 Å². The molecule has 2 aliphatic carbocycles. The normalized spacial score (nSPS) is 30.8. The molecule has 0 radical (unpaired) electrons. The van der Waals surface area contributed by atoms with E-state index in [9.17, 15) is 9.90 Å². The third-order valence-corrected chi connectivity index (χ3v) is 5.92. The molecule has 2 nitrogen and oxygen atoms in total. The molecule has 2 fully saturated rings. The van der Waals surface area contributed by atoms with E-state index in [4.69, 9.17) is 11.6 Å². The molecule has 0 bridgehead atoms. The number of Topliss-reactive ketones (excluding diaryl/α,β-unsaturated/α-hetero) is 1. The highest BCUT2D eigenvalue weighted by atomic mass is 35.5. The highest BCUT2D eigenvalue weighted by Gasteiger charge is 2.43. The van der Waals surface area contributed by atoms with Crippen molar-refractivity contribution in [3.8, 4) is 0 Å². The summed E-state index contributed by atoms with van der Waals surface area (Å²) in [6.45, 7) is 2.25. The van der Waals surface area contributed by atoms with Crippen molar-refractivity contribution in [1.82, 2.24) is 0 Å². The van der Waals surface area contributed by atoms with E-state index in [0.717, 1.165) is 18.4 Å². The van der Waals surface area contributed by atoms with E-state index in [2.05, 4.69) is 6.92 Å². The highest BCUT2D eigenvalue weighted by Crippen LogP contribution is 2.50. The predicted octanol–water partition coefficient (Wildman–Crippen LogP) is 5.25. The largest absolute Gasteiger partial charge is 0.512 e. The van der Waals surface area contributed by atoms with Gasteiger partial charge in [0.05, 0.1) is 0 Å². The number of carbonyl (C=O) groups is 1. The van der Waals surface area contributed by atoms with Crippen LogP contribution in [0.3, 0.4) is 0 Å². The van der Waals surface area contributed by atoms with Crippen LogP contribution < -0.4 is 0 Å². The summed E-state index contributed by atoms with van der Waals surface area (Å²) in [5.41, 5.74) is 1.66. The number of rotatable bonds is 2. The van der Waals surface area contributed by atoms with Gasteiger partial charge in [0.1, 0.15) is 5.76 Å². The van der Waals surface area contributed by atoms with Crippen LogP contribution in [0.4, 0.5) is 0 Å². The molecule has 0 heterocycles. The first kappa shape index (κ1) is 15.6. The summed E-state index contributed by atoms with van der Waals surface area (Å²) in [6.07, 6.45) is 6.45. The van der Waals surface area contributed by atoms with Gasteiger partial charge in [0.25, 0.3) is 0 Å². The standard InChI is InChI=1S/C19H23ClO2/c1-19-9-5-4-7-14(19)11-15(18(22)12-19)17(21)10-13-6-2-3-8-16(13)20/h2-3,6,8,14,21H,4-5,7,9-12H2,1H3/b17-15-. The molecule has 1 N–H and O–H groups in total. The maximum absolute atomic E-state index is 12.5. The van der Waals surface area contributed by atoms with E-state index in [0.29, 0.717) is 29.4 Å². The maximum Gasteiger partial charge on any atom is 0.162 e. The van der Waals surface area contributed by atoms with Crippen LogP contribution in [0.15, 0.2) is 35.6 Å². The average Bonchev–Trinajstić information content (AvgIpc) is 2.48. The van der Waals surface area contributed by atoms with Crippen molar-refractivity contribution < 1.29 is 9.90 Å². The first-order valence-corrected chi connectivity index (χ1v) is 8.55. The van der Waals surface area contributed by atoms with Gasteiger partial charge in [0.2, 0.25) is 0 Å². The Morgan fingerprint density at radius 1 is 1.36 bits per heavy atom. The fraction of sp³-hybridized carbons (Fsp3) is 0.526. The molecule has 2 aliphatic rings. The smallest absolute Gasteiger partial charge is 0.162 e. The Morgan fingerprint density at radius 3 is 2.91 bits per heavy atom. The Morgan fingerprint density at radius 2 is 2.14 bits per heavy atom. The third-order valence-electron chi connectivity index (χ3n) is 5.55. The maximum atomic E-state index is 12.5. The second kappa shape index (κ2) is 6.08. The zero-order valence-corrected chi connectivity index (χ0v) is 13.8. The lowest BCUT2D eigenvalue weighted by atomic mass is 9.59. The van der Waals surface area contributed by atoms with Gasteiger partial charge in [0.15, 0.2) is 5.78 Å². The van der Waals surface area contributed by atoms with Crippen LogP contribution in [-0.2, 0) is 11.2 Å². The van der Waals surface area contributed by atoms with E-state index >= 15 is 0 Å². The Bertz CT molecular complexity index is 620. The summed E-state index contributed by atoms with van der Waals surface area (Å²) in [5.74, 6) is 0.873. The van der Waals surface area contributed by atoms with Crippen LogP contribution in [0.1, 0.15) is 51.0 Å². The lowest BCUT2D eigenvalue weighted by Crippen LogP contribution is -2.39. The summed E-state index contributed by atoms with van der Waals surface area (Å²) in [4.78, 5) is 12.5. The van der Waals surface area contributed by atoms with Gasteiger partial charge in [-0.15, -0.1) is 0 Å². The molecular weight excluding hydrogens is 296 g/mol. The number of halogens is 1. The van der Waals surface area contributed by atoms with Crippen molar-refractivity contribution in [2.45, 2.75) is 51.9 Å². The van der Waals surface area contributed by atoms with E-state index in [1.54, 1.807) is 0 Å². The molecule has 1 aromatic carbocycles. The predicted molar refractivity (Wildman–Crippen MR) is 89.1 cm³/mol. The van der Waals surface area contributed by atoms with Crippen LogP contribution in [0, 0.1) is 11.3 Å². The Labute approximate surface area is 137 Å². The van der Waals surface area contributed by atoms with Gasteiger partial charge in [-0.3, -0.25) is 4.79 Å². The molecule has 2 unspecified atom stereocenters. The fourth-order valence-electron chi connectivity index (χ4n) is 4.09. The number of aliphatic hydroxyl groups is 1. The topological polar surface area (TPSA) is 37.3 Å². The van der Waals surface area contributed by atoms with Gasteiger partial charge in [-0.2, -0.15) is 0 Å². The van der Waals surface area contributed by atoms with Gasteiger partial charge in [-0.1, -0.05) is 49.6 Å². The highest BCUT2D eigenvalue weighted by molar-refractivity contribution is 6.31. The van der Waals surface area contributed by atoms with Gasteiger partial charge in [-0.05, 0) is 42.2 Å². The fourth-order valence-corrected chi connectivity index (χ4v) is 4.30. The Hall–Kier alpha value is -1.28. The van der Waals surface area contributed by atoms with Gasteiger partial charge in [-0.25, -0.2) is 0 Å². The lowest BCUT2D eigenvalue weighted by molar-refractivity contribution is -0.122. The van der Waals surface area contributed by atoms with Crippen molar-refractivity contribution >= 4 is 17.4 Å². The lowest BCUT2D eigenvalue weighted by Gasteiger charge is -2.45. The number of carbonyl (C=O) groups excluding carboxylic acids is 1. The molecule has 0 aromatic heterocycles. The second-order valence-electron chi connectivity index (χ2n) is 7.09. The number of ketones is 1. The number of hydrogen-bond donors (Lipinski definition) is 1. The molecule has 0 aliphatic heterocycles. The first-order valence-electron chi connectivity index (χ1n) is 8.17. The third kappa shape index (κ3) is 2.94. The molecule has 0 spiro atoms. The molecule has 1 aromatic rings. The van der Waals surface area contributed by atoms with Crippen LogP contribution in [0.2, 0.25) is 5.02 Å². The number of fused-ring (bicyclic) bond motifs is 1. The zero-order chi connectivity index (χ0) is 15.7. The molecule has 22 heavy (non-hydrogen) atoms. The molecule has 0 saturated heterocycles. The number of hydrogen-bond acceptors (Lipinski definition) is 2. The summed E-state index contributed by atoms with van der Waals surface area (Å²) in [7, 11) is 0. The van der Waals surface area contributed by atoms with Gasteiger partial charge >= 0.3 is 0 Å². The van der Waals surface area contributed by atoms with Crippen LogP contribution in [-0.4, -0.2) is 10.9 Å². The summed E-state index contributed by atoms with van der Waals surface area (Å²) < 4.78 is 0. The minimum Gasteiger partial charge on any atom is -0.512 e. The second-order valence-corrected chi connectivity index (χ2v) is 7.50. The molecular formula is C19H23ClO2. The van der Waals surface area contributed by atoms with Crippen LogP contribution in [0.5, 0.6) is 0 Å². The molecule has 3 rings (SSSR count).